The summed E-state index contributed by atoms with van der Waals surface area (Å²) in [4.78, 5) is 13.3. The topological polar surface area (TPSA) is 72.9 Å². The fourth-order valence-electron chi connectivity index (χ4n) is 4.16. The van der Waals surface area contributed by atoms with Gasteiger partial charge in [0.25, 0.3) is 0 Å². The Balaban J connectivity index is 2.21. The van der Waals surface area contributed by atoms with E-state index in [-0.39, 0.29) is 17.9 Å². The fourth-order valence-corrected chi connectivity index (χ4v) is 6.57. The average Bonchev–Trinajstić information content (AvgIpc) is 2.84. The highest BCUT2D eigenvalue weighted by Gasteiger charge is 2.39. The van der Waals surface area contributed by atoms with Crippen molar-refractivity contribution in [3.05, 3.63) is 92.1 Å². The van der Waals surface area contributed by atoms with Gasteiger partial charge in [-0.2, -0.15) is 4.31 Å². The quantitative estimate of drug-likeness (QED) is 0.247. The van der Waals surface area contributed by atoms with Crippen molar-refractivity contribution in [1.29, 1.82) is 0 Å². The zero-order valence-corrected chi connectivity index (χ0v) is 23.5. The molecule has 0 unspecified atom stereocenters. The third-order valence-corrected chi connectivity index (χ3v) is 8.97. The third-order valence-electron chi connectivity index (χ3n) is 6.11. The molecule has 0 amide bonds. The molecule has 0 fully saturated rings. The number of nitrogens with zero attached hydrogens (tertiary/aromatic N) is 1. The minimum Gasteiger partial charge on any atom is -0.496 e. The molecule has 8 heteroatoms. The molecule has 0 radical (unpaired) electrons. The number of esters is 1. The molecule has 6 nitrogen and oxygen atoms in total. The molecular formula is C27H30INO5S. The van der Waals surface area contributed by atoms with Crippen LogP contribution in [0.25, 0.3) is 0 Å². The Morgan fingerprint density at radius 2 is 1.57 bits per heavy atom. The second-order valence-corrected chi connectivity index (χ2v) is 11.5. The highest BCUT2D eigenvalue weighted by molar-refractivity contribution is 14.1. The van der Waals surface area contributed by atoms with Crippen molar-refractivity contribution in [3.8, 4) is 5.75 Å². The van der Waals surface area contributed by atoms with E-state index in [0.29, 0.717) is 16.9 Å². The van der Waals surface area contributed by atoms with Gasteiger partial charge in [-0.25, -0.2) is 8.42 Å². The summed E-state index contributed by atoms with van der Waals surface area (Å²) in [5, 5.41) is 0. The summed E-state index contributed by atoms with van der Waals surface area (Å²) in [5.41, 5.74) is 3.50. The van der Waals surface area contributed by atoms with Crippen LogP contribution in [0.5, 0.6) is 5.75 Å². The highest BCUT2D eigenvalue weighted by atomic mass is 127. The molecule has 0 aliphatic rings. The van der Waals surface area contributed by atoms with Crippen molar-refractivity contribution in [3.63, 3.8) is 0 Å². The van der Waals surface area contributed by atoms with E-state index >= 15 is 0 Å². The van der Waals surface area contributed by atoms with Crippen LogP contribution in [0, 0.1) is 24.3 Å². The fraction of sp³-hybridized carbons (Fsp3) is 0.296. The van der Waals surface area contributed by atoms with Crippen LogP contribution in [0.4, 0.5) is 0 Å². The number of carbonyl (C=O) groups is 1. The van der Waals surface area contributed by atoms with E-state index in [4.69, 9.17) is 9.47 Å². The smallest absolute Gasteiger partial charge is 0.324 e. The molecule has 0 saturated heterocycles. The van der Waals surface area contributed by atoms with Gasteiger partial charge in [0, 0.05) is 10.1 Å². The predicted molar refractivity (Wildman–Crippen MR) is 145 cm³/mol. The Morgan fingerprint density at radius 3 is 2.14 bits per heavy atom. The molecule has 0 aromatic heterocycles. The summed E-state index contributed by atoms with van der Waals surface area (Å²) in [6.07, 6.45) is 0.185. The maximum absolute atomic E-state index is 14.3. The van der Waals surface area contributed by atoms with E-state index < -0.39 is 22.0 Å². The molecular weight excluding hydrogens is 577 g/mol. The van der Waals surface area contributed by atoms with Gasteiger partial charge in [-0.05, 0) is 95.8 Å². The van der Waals surface area contributed by atoms with Crippen LogP contribution in [0.1, 0.15) is 27.8 Å². The molecule has 1 atom stereocenters. The Labute approximate surface area is 221 Å². The molecule has 0 saturated carbocycles. The maximum atomic E-state index is 14.3. The number of ether oxygens (including phenoxy) is 2. The summed E-state index contributed by atoms with van der Waals surface area (Å²) in [5.74, 6) is 0.0143. The lowest BCUT2D eigenvalue weighted by atomic mass is 10.1. The number of hydrogen-bond donors (Lipinski definition) is 0. The van der Waals surface area contributed by atoms with Crippen molar-refractivity contribution < 1.29 is 22.7 Å². The van der Waals surface area contributed by atoms with Crippen molar-refractivity contribution in [1.82, 2.24) is 4.31 Å². The summed E-state index contributed by atoms with van der Waals surface area (Å²) in [7, 11) is -1.27. The first-order chi connectivity index (χ1) is 16.6. The van der Waals surface area contributed by atoms with Crippen LogP contribution in [0.3, 0.4) is 0 Å². The van der Waals surface area contributed by atoms with Crippen LogP contribution < -0.4 is 4.74 Å². The number of aryl methyl sites for hydroxylation is 1. The minimum atomic E-state index is -4.12. The molecule has 186 valence electrons. The molecule has 3 aromatic carbocycles. The molecule has 35 heavy (non-hydrogen) atoms. The van der Waals surface area contributed by atoms with E-state index in [1.54, 1.807) is 27.0 Å². The Morgan fingerprint density at radius 1 is 0.943 bits per heavy atom. The van der Waals surface area contributed by atoms with Gasteiger partial charge in [-0.3, -0.25) is 4.79 Å². The summed E-state index contributed by atoms with van der Waals surface area (Å²) in [6.45, 7) is 5.37. The van der Waals surface area contributed by atoms with E-state index in [9.17, 15) is 13.2 Å². The first kappa shape index (κ1) is 27.2. The first-order valence-corrected chi connectivity index (χ1v) is 13.6. The standard InChI is InChI=1S/C27H30INO5S/c1-18-15-25(33-4)19(2)20(3)26(18)35(31,32)29(17-22-11-13-23(28)14-12-22)24(27(30)34-5)16-21-9-7-6-8-10-21/h6-15,24H,16-17H2,1-5H3/t24-/m0/s1. The van der Waals surface area contributed by atoms with Gasteiger partial charge >= 0.3 is 5.97 Å². The average molecular weight is 608 g/mol. The molecule has 0 aliphatic carbocycles. The summed E-state index contributed by atoms with van der Waals surface area (Å²) < 4.78 is 41.5. The lowest BCUT2D eigenvalue weighted by Crippen LogP contribution is -2.46. The van der Waals surface area contributed by atoms with Gasteiger partial charge in [-0.15, -0.1) is 0 Å². The van der Waals surface area contributed by atoms with Gasteiger partial charge in [0.1, 0.15) is 11.8 Å². The van der Waals surface area contributed by atoms with E-state index in [0.717, 1.165) is 20.3 Å². The Bertz CT molecular complexity index is 1290. The highest BCUT2D eigenvalue weighted by Crippen LogP contribution is 2.34. The molecule has 0 spiro atoms. The van der Waals surface area contributed by atoms with E-state index in [1.807, 2.05) is 61.5 Å². The number of sulfonamides is 1. The minimum absolute atomic E-state index is 0.0236. The normalized spacial score (nSPS) is 12.4. The summed E-state index contributed by atoms with van der Waals surface area (Å²) in [6, 6.07) is 17.6. The van der Waals surface area contributed by atoms with Crippen LogP contribution >= 0.6 is 22.6 Å². The van der Waals surface area contributed by atoms with Crippen molar-refractivity contribution in [2.24, 2.45) is 0 Å². The largest absolute Gasteiger partial charge is 0.496 e. The Kier molecular flexibility index (Phi) is 8.95. The first-order valence-electron chi connectivity index (χ1n) is 11.1. The van der Waals surface area contributed by atoms with Gasteiger partial charge in [0.05, 0.1) is 19.1 Å². The van der Waals surface area contributed by atoms with Crippen LogP contribution in [0.15, 0.2) is 65.6 Å². The van der Waals surface area contributed by atoms with Gasteiger partial charge in [-0.1, -0.05) is 42.5 Å². The van der Waals surface area contributed by atoms with Gasteiger partial charge in [0.15, 0.2) is 0 Å². The number of hydrogen-bond acceptors (Lipinski definition) is 5. The predicted octanol–water partition coefficient (Wildman–Crippen LogP) is 5.20. The second-order valence-electron chi connectivity index (χ2n) is 8.38. The molecule has 0 N–H and O–H groups in total. The second kappa shape index (κ2) is 11.5. The number of rotatable bonds is 9. The monoisotopic (exact) mass is 607 g/mol. The van der Waals surface area contributed by atoms with Crippen LogP contribution in [0.2, 0.25) is 0 Å². The van der Waals surface area contributed by atoms with Crippen molar-refractivity contribution >= 4 is 38.6 Å². The van der Waals surface area contributed by atoms with Crippen LogP contribution in [-0.2, 0) is 32.5 Å². The molecule has 0 aliphatic heterocycles. The SMILES string of the molecule is COC(=O)[C@H](Cc1ccccc1)N(Cc1ccc(I)cc1)S(=O)(=O)c1c(C)cc(OC)c(C)c1C. The van der Waals surface area contributed by atoms with E-state index in [2.05, 4.69) is 22.6 Å². The molecule has 0 bridgehead atoms. The number of halogens is 1. The Hall–Kier alpha value is -2.43. The van der Waals surface area contributed by atoms with E-state index in [1.165, 1.54) is 11.4 Å². The molecule has 3 rings (SSSR count). The number of benzene rings is 3. The lowest BCUT2D eigenvalue weighted by molar-refractivity contribution is -0.145. The maximum Gasteiger partial charge on any atom is 0.324 e. The number of methoxy groups -OCH3 is 2. The molecule has 3 aromatic rings. The zero-order chi connectivity index (χ0) is 25.8. The van der Waals surface area contributed by atoms with Crippen LogP contribution in [-0.4, -0.2) is 39.0 Å². The van der Waals surface area contributed by atoms with Crippen molar-refractivity contribution in [2.45, 2.75) is 44.7 Å². The third kappa shape index (κ3) is 6.05. The number of carbonyl (C=O) groups excluding carboxylic acids is 1. The van der Waals surface area contributed by atoms with Crippen molar-refractivity contribution in [2.75, 3.05) is 14.2 Å². The van der Waals surface area contributed by atoms with Gasteiger partial charge in [0.2, 0.25) is 10.0 Å². The lowest BCUT2D eigenvalue weighted by Gasteiger charge is -2.31. The van der Waals surface area contributed by atoms with Gasteiger partial charge < -0.3 is 9.47 Å². The molecule has 0 heterocycles. The summed E-state index contributed by atoms with van der Waals surface area (Å²) >= 11 is 2.20. The zero-order valence-electron chi connectivity index (χ0n) is 20.5.